The SMILES string of the molecule is C#CC(O)C1COC(C)(C)O1.CC(=O)O. The molecular formula is C10H16O5. The van der Waals surface area contributed by atoms with Gasteiger partial charge in [-0.2, -0.15) is 0 Å². The molecule has 1 heterocycles. The number of hydrogen-bond acceptors (Lipinski definition) is 4. The van der Waals surface area contributed by atoms with Crippen molar-refractivity contribution in [3.05, 3.63) is 0 Å². The molecule has 0 spiro atoms. The lowest BCUT2D eigenvalue weighted by molar-refractivity contribution is -0.146. The molecular weight excluding hydrogens is 200 g/mol. The third kappa shape index (κ3) is 6.07. The molecule has 0 bridgehead atoms. The van der Waals surface area contributed by atoms with Crippen LogP contribution in [0.1, 0.15) is 20.8 Å². The Kier molecular flexibility index (Phi) is 5.29. The van der Waals surface area contributed by atoms with E-state index in [1.165, 1.54) is 0 Å². The Hall–Kier alpha value is -1.09. The maximum absolute atomic E-state index is 9.15. The first kappa shape index (κ1) is 13.9. The van der Waals surface area contributed by atoms with Gasteiger partial charge in [0, 0.05) is 6.92 Å². The molecule has 0 saturated carbocycles. The Morgan fingerprint density at radius 1 is 1.67 bits per heavy atom. The largest absolute Gasteiger partial charge is 0.481 e. The van der Waals surface area contributed by atoms with Crippen molar-refractivity contribution in [1.82, 2.24) is 0 Å². The van der Waals surface area contributed by atoms with Crippen molar-refractivity contribution < 1.29 is 24.5 Å². The number of carbonyl (C=O) groups is 1. The molecule has 1 aliphatic rings. The highest BCUT2D eigenvalue weighted by Gasteiger charge is 2.35. The Morgan fingerprint density at radius 2 is 2.13 bits per heavy atom. The molecule has 5 heteroatoms. The van der Waals surface area contributed by atoms with Crippen molar-refractivity contribution in [2.24, 2.45) is 0 Å². The number of aliphatic carboxylic acids is 1. The zero-order valence-electron chi connectivity index (χ0n) is 9.06. The average Bonchev–Trinajstić information content (AvgIpc) is 2.44. The van der Waals surface area contributed by atoms with Crippen molar-refractivity contribution in [1.29, 1.82) is 0 Å². The molecule has 5 nitrogen and oxygen atoms in total. The second kappa shape index (κ2) is 5.71. The van der Waals surface area contributed by atoms with Gasteiger partial charge in [0.25, 0.3) is 5.97 Å². The topological polar surface area (TPSA) is 76.0 Å². The molecule has 0 aromatic carbocycles. The van der Waals surface area contributed by atoms with E-state index in [0.717, 1.165) is 6.92 Å². The number of terminal acetylenes is 1. The Labute approximate surface area is 89.0 Å². The molecule has 15 heavy (non-hydrogen) atoms. The van der Waals surface area contributed by atoms with Gasteiger partial charge in [0.05, 0.1) is 6.61 Å². The minimum atomic E-state index is -0.864. The van der Waals surface area contributed by atoms with Gasteiger partial charge in [-0.1, -0.05) is 5.92 Å². The number of aliphatic hydroxyl groups excluding tert-OH is 1. The zero-order valence-corrected chi connectivity index (χ0v) is 9.06. The predicted octanol–water partition coefficient (Wildman–Crippen LogP) is 0.223. The molecule has 1 fully saturated rings. The van der Waals surface area contributed by atoms with Gasteiger partial charge in [-0.3, -0.25) is 4.79 Å². The van der Waals surface area contributed by atoms with E-state index in [1.54, 1.807) is 13.8 Å². The summed E-state index contributed by atoms with van der Waals surface area (Å²) in [5, 5.41) is 16.6. The summed E-state index contributed by atoms with van der Waals surface area (Å²) in [6, 6.07) is 0. The number of carboxylic acid groups (broad SMARTS) is 1. The Bertz CT molecular complexity index is 249. The van der Waals surface area contributed by atoms with E-state index >= 15 is 0 Å². The molecule has 2 unspecified atom stereocenters. The van der Waals surface area contributed by atoms with Gasteiger partial charge in [0.15, 0.2) is 5.79 Å². The summed E-state index contributed by atoms with van der Waals surface area (Å²) in [5.41, 5.74) is 0. The monoisotopic (exact) mass is 216 g/mol. The maximum atomic E-state index is 9.15. The van der Waals surface area contributed by atoms with Crippen molar-refractivity contribution in [3.8, 4) is 12.3 Å². The second-order valence-corrected chi connectivity index (χ2v) is 3.50. The van der Waals surface area contributed by atoms with E-state index in [-0.39, 0.29) is 6.10 Å². The lowest BCUT2D eigenvalue weighted by Gasteiger charge is -2.17. The van der Waals surface area contributed by atoms with Gasteiger partial charge in [-0.25, -0.2) is 0 Å². The first-order chi connectivity index (χ1) is 6.78. The number of ether oxygens (including phenoxy) is 2. The molecule has 1 aliphatic heterocycles. The van der Waals surface area contributed by atoms with Crippen LogP contribution in [0.5, 0.6) is 0 Å². The summed E-state index contributed by atoms with van der Waals surface area (Å²) < 4.78 is 10.5. The number of hydrogen-bond donors (Lipinski definition) is 2. The van der Waals surface area contributed by atoms with E-state index < -0.39 is 17.9 Å². The highest BCUT2D eigenvalue weighted by atomic mass is 16.7. The van der Waals surface area contributed by atoms with Crippen molar-refractivity contribution in [3.63, 3.8) is 0 Å². The lowest BCUT2D eigenvalue weighted by atomic mass is 10.2. The molecule has 0 aromatic rings. The van der Waals surface area contributed by atoms with E-state index in [4.69, 9.17) is 30.9 Å². The molecule has 1 saturated heterocycles. The van der Waals surface area contributed by atoms with Crippen LogP contribution in [0.4, 0.5) is 0 Å². The summed E-state index contributed by atoms with van der Waals surface area (Å²) in [5.74, 6) is 0.753. The minimum Gasteiger partial charge on any atom is -0.481 e. The first-order valence-electron chi connectivity index (χ1n) is 4.44. The molecule has 1 rings (SSSR count). The van der Waals surface area contributed by atoms with Crippen LogP contribution in [0.15, 0.2) is 0 Å². The third-order valence-electron chi connectivity index (χ3n) is 1.55. The number of rotatable bonds is 1. The summed E-state index contributed by atoms with van der Waals surface area (Å²) in [6.07, 6.45) is 3.76. The van der Waals surface area contributed by atoms with Crippen LogP contribution in [0.25, 0.3) is 0 Å². The molecule has 0 amide bonds. The fourth-order valence-electron chi connectivity index (χ4n) is 0.978. The fraction of sp³-hybridized carbons (Fsp3) is 0.700. The highest BCUT2D eigenvalue weighted by molar-refractivity contribution is 5.62. The summed E-state index contributed by atoms with van der Waals surface area (Å²) >= 11 is 0. The van der Waals surface area contributed by atoms with Gasteiger partial charge in [-0.05, 0) is 13.8 Å². The normalized spacial score (nSPS) is 24.6. The lowest BCUT2D eigenvalue weighted by Crippen LogP contribution is -2.29. The number of aliphatic hydroxyl groups is 1. The van der Waals surface area contributed by atoms with Gasteiger partial charge in [0.2, 0.25) is 0 Å². The van der Waals surface area contributed by atoms with Crippen LogP contribution >= 0.6 is 0 Å². The van der Waals surface area contributed by atoms with Gasteiger partial charge in [0.1, 0.15) is 12.2 Å². The Morgan fingerprint density at radius 3 is 2.40 bits per heavy atom. The van der Waals surface area contributed by atoms with Crippen molar-refractivity contribution >= 4 is 5.97 Å². The van der Waals surface area contributed by atoms with E-state index in [0.29, 0.717) is 6.61 Å². The summed E-state index contributed by atoms with van der Waals surface area (Å²) in [4.78, 5) is 9.00. The van der Waals surface area contributed by atoms with Gasteiger partial charge < -0.3 is 19.7 Å². The molecule has 0 aliphatic carbocycles. The standard InChI is InChI=1S/C8H12O3.C2H4O2/c1-4-6(9)7-5-10-8(2,3)11-7;1-2(3)4/h1,6-7,9H,5H2,2-3H3;1H3,(H,3,4). The minimum absolute atomic E-state index is 0.359. The van der Waals surface area contributed by atoms with Gasteiger partial charge in [-0.15, -0.1) is 6.42 Å². The second-order valence-electron chi connectivity index (χ2n) is 3.50. The third-order valence-corrected chi connectivity index (χ3v) is 1.55. The van der Waals surface area contributed by atoms with Gasteiger partial charge >= 0.3 is 0 Å². The first-order valence-corrected chi connectivity index (χ1v) is 4.44. The van der Waals surface area contributed by atoms with Crippen LogP contribution in [0.3, 0.4) is 0 Å². The quantitative estimate of drug-likeness (QED) is 0.613. The van der Waals surface area contributed by atoms with E-state index in [1.807, 2.05) is 0 Å². The van der Waals surface area contributed by atoms with Crippen molar-refractivity contribution in [2.45, 2.75) is 38.8 Å². The Balaban J connectivity index is 0.000000423. The molecule has 86 valence electrons. The summed E-state index contributed by atoms with van der Waals surface area (Å²) in [7, 11) is 0. The molecule has 0 radical (unpaired) electrons. The molecule has 2 atom stereocenters. The van der Waals surface area contributed by atoms with Crippen LogP contribution in [-0.4, -0.2) is 40.8 Å². The molecule has 0 aromatic heterocycles. The highest BCUT2D eigenvalue weighted by Crippen LogP contribution is 2.23. The predicted molar refractivity (Wildman–Crippen MR) is 53.1 cm³/mol. The van der Waals surface area contributed by atoms with E-state index in [9.17, 15) is 0 Å². The number of carboxylic acids is 1. The zero-order chi connectivity index (χ0) is 12.1. The smallest absolute Gasteiger partial charge is 0.300 e. The molecule has 2 N–H and O–H groups in total. The summed E-state index contributed by atoms with van der Waals surface area (Å²) in [6.45, 7) is 5.02. The van der Waals surface area contributed by atoms with Crippen LogP contribution in [-0.2, 0) is 14.3 Å². The fourth-order valence-corrected chi connectivity index (χ4v) is 0.978. The van der Waals surface area contributed by atoms with Crippen LogP contribution in [0, 0.1) is 12.3 Å². The van der Waals surface area contributed by atoms with Crippen LogP contribution in [0.2, 0.25) is 0 Å². The average molecular weight is 216 g/mol. The van der Waals surface area contributed by atoms with Crippen molar-refractivity contribution in [2.75, 3.05) is 6.61 Å². The maximum Gasteiger partial charge on any atom is 0.300 e. The van der Waals surface area contributed by atoms with Crippen LogP contribution < -0.4 is 0 Å². The van der Waals surface area contributed by atoms with E-state index in [2.05, 4.69) is 5.92 Å².